The SMILES string of the molecule is CCCNC(=O)c1cccc(CN=C(N)Nc2ccc3c(c2)CCC3)c1. The maximum absolute atomic E-state index is 12.0. The molecule has 0 saturated carbocycles. The van der Waals surface area contributed by atoms with Crippen molar-refractivity contribution in [3.8, 4) is 0 Å². The molecule has 0 radical (unpaired) electrons. The first-order valence-corrected chi connectivity index (χ1v) is 9.21. The maximum atomic E-state index is 12.0. The number of hydrogen-bond acceptors (Lipinski definition) is 2. The molecule has 0 fully saturated rings. The van der Waals surface area contributed by atoms with Gasteiger partial charge in [-0.2, -0.15) is 0 Å². The van der Waals surface area contributed by atoms with Gasteiger partial charge in [-0.05, 0) is 66.6 Å². The number of aliphatic imine (C=N–C) groups is 1. The summed E-state index contributed by atoms with van der Waals surface area (Å²) >= 11 is 0. The molecule has 2 aromatic carbocycles. The van der Waals surface area contributed by atoms with Crippen LogP contribution in [0.5, 0.6) is 0 Å². The lowest BCUT2D eigenvalue weighted by molar-refractivity contribution is 0.0953. The molecule has 26 heavy (non-hydrogen) atoms. The number of aryl methyl sites for hydroxylation is 2. The Balaban J connectivity index is 1.61. The monoisotopic (exact) mass is 350 g/mol. The number of rotatable bonds is 6. The van der Waals surface area contributed by atoms with Crippen LogP contribution in [0.2, 0.25) is 0 Å². The van der Waals surface area contributed by atoms with E-state index in [2.05, 4.69) is 27.8 Å². The summed E-state index contributed by atoms with van der Waals surface area (Å²) in [7, 11) is 0. The standard InChI is InChI=1S/C21H26N4O/c1-2-11-23-20(26)18-8-3-5-15(12-18)14-24-21(22)25-19-10-9-16-6-4-7-17(16)13-19/h3,5,8-10,12-13H,2,4,6-7,11,14H2,1H3,(H,23,26)(H3,22,24,25). The van der Waals surface area contributed by atoms with Crippen LogP contribution in [0.3, 0.4) is 0 Å². The zero-order valence-corrected chi connectivity index (χ0v) is 15.2. The molecule has 1 aliphatic rings. The van der Waals surface area contributed by atoms with Gasteiger partial charge in [-0.3, -0.25) is 4.79 Å². The molecule has 1 amide bonds. The molecule has 136 valence electrons. The van der Waals surface area contributed by atoms with E-state index in [9.17, 15) is 4.79 Å². The molecule has 2 aromatic rings. The van der Waals surface area contributed by atoms with Gasteiger partial charge >= 0.3 is 0 Å². The predicted octanol–water partition coefficient (Wildman–Crippen LogP) is 3.24. The first kappa shape index (κ1) is 18.0. The lowest BCUT2D eigenvalue weighted by Crippen LogP contribution is -2.24. The Kier molecular flexibility index (Phi) is 5.89. The number of amides is 1. The van der Waals surface area contributed by atoms with Gasteiger partial charge < -0.3 is 16.4 Å². The number of fused-ring (bicyclic) bond motifs is 1. The zero-order chi connectivity index (χ0) is 18.4. The van der Waals surface area contributed by atoms with Crippen molar-refractivity contribution in [3.05, 3.63) is 64.7 Å². The van der Waals surface area contributed by atoms with Gasteiger partial charge in [-0.25, -0.2) is 4.99 Å². The average Bonchev–Trinajstić information content (AvgIpc) is 3.12. The van der Waals surface area contributed by atoms with Gasteiger partial charge in [-0.1, -0.05) is 25.1 Å². The molecule has 0 unspecified atom stereocenters. The van der Waals surface area contributed by atoms with Crippen molar-refractivity contribution in [1.82, 2.24) is 5.32 Å². The fourth-order valence-electron chi connectivity index (χ4n) is 3.16. The van der Waals surface area contributed by atoms with Crippen LogP contribution in [0.15, 0.2) is 47.5 Å². The molecule has 0 heterocycles. The molecule has 0 atom stereocenters. The molecule has 1 aliphatic carbocycles. The van der Waals surface area contributed by atoms with Crippen LogP contribution >= 0.6 is 0 Å². The van der Waals surface area contributed by atoms with Gasteiger partial charge in [0.15, 0.2) is 5.96 Å². The van der Waals surface area contributed by atoms with Gasteiger partial charge in [0.1, 0.15) is 0 Å². The minimum atomic E-state index is -0.0538. The van der Waals surface area contributed by atoms with Crippen LogP contribution in [0.25, 0.3) is 0 Å². The number of carbonyl (C=O) groups excluding carboxylic acids is 1. The minimum Gasteiger partial charge on any atom is -0.370 e. The molecule has 0 aromatic heterocycles. The second kappa shape index (κ2) is 8.52. The average molecular weight is 350 g/mol. The van der Waals surface area contributed by atoms with Gasteiger partial charge in [0.2, 0.25) is 0 Å². The topological polar surface area (TPSA) is 79.5 Å². The van der Waals surface area contributed by atoms with Crippen LogP contribution in [0.4, 0.5) is 5.69 Å². The van der Waals surface area contributed by atoms with E-state index < -0.39 is 0 Å². The fourth-order valence-corrected chi connectivity index (χ4v) is 3.16. The van der Waals surface area contributed by atoms with Crippen molar-refractivity contribution < 1.29 is 4.79 Å². The van der Waals surface area contributed by atoms with E-state index in [-0.39, 0.29) is 5.91 Å². The highest BCUT2D eigenvalue weighted by molar-refractivity contribution is 5.94. The molecule has 4 N–H and O–H groups in total. The van der Waals surface area contributed by atoms with Gasteiger partial charge in [-0.15, -0.1) is 0 Å². The Morgan fingerprint density at radius 1 is 1.15 bits per heavy atom. The molecule has 5 nitrogen and oxygen atoms in total. The van der Waals surface area contributed by atoms with Crippen molar-refractivity contribution >= 4 is 17.6 Å². The van der Waals surface area contributed by atoms with E-state index in [0.717, 1.165) is 24.1 Å². The third-order valence-electron chi connectivity index (χ3n) is 4.53. The maximum Gasteiger partial charge on any atom is 0.251 e. The third kappa shape index (κ3) is 4.63. The van der Waals surface area contributed by atoms with E-state index >= 15 is 0 Å². The van der Waals surface area contributed by atoms with E-state index in [1.165, 1.54) is 24.0 Å². The zero-order valence-electron chi connectivity index (χ0n) is 15.2. The summed E-state index contributed by atoms with van der Waals surface area (Å²) < 4.78 is 0. The van der Waals surface area contributed by atoms with Crippen LogP contribution in [-0.4, -0.2) is 18.4 Å². The summed E-state index contributed by atoms with van der Waals surface area (Å²) in [5, 5.41) is 6.04. The molecular weight excluding hydrogens is 324 g/mol. The fraction of sp³-hybridized carbons (Fsp3) is 0.333. The van der Waals surface area contributed by atoms with Crippen molar-refractivity contribution in [2.45, 2.75) is 39.2 Å². The van der Waals surface area contributed by atoms with Crippen molar-refractivity contribution in [1.29, 1.82) is 0 Å². The molecule has 0 aliphatic heterocycles. The number of hydrogen-bond donors (Lipinski definition) is 3. The summed E-state index contributed by atoms with van der Waals surface area (Å²) in [6.45, 7) is 3.14. The van der Waals surface area contributed by atoms with Crippen molar-refractivity contribution in [3.63, 3.8) is 0 Å². The van der Waals surface area contributed by atoms with E-state index in [1.807, 2.05) is 37.3 Å². The van der Waals surface area contributed by atoms with Gasteiger partial charge in [0, 0.05) is 17.8 Å². The van der Waals surface area contributed by atoms with E-state index in [1.54, 1.807) is 0 Å². The number of nitrogens with zero attached hydrogens (tertiary/aromatic N) is 1. The van der Waals surface area contributed by atoms with Crippen molar-refractivity contribution in [2.75, 3.05) is 11.9 Å². The number of guanidine groups is 1. The second-order valence-corrected chi connectivity index (χ2v) is 6.62. The van der Waals surface area contributed by atoms with Gasteiger partial charge in [0.05, 0.1) is 6.54 Å². The molecule has 3 rings (SSSR count). The molecule has 0 saturated heterocycles. The molecule has 5 heteroatoms. The molecule has 0 spiro atoms. The van der Waals surface area contributed by atoms with E-state index in [0.29, 0.717) is 24.6 Å². The summed E-state index contributed by atoms with van der Waals surface area (Å²) in [5.74, 6) is 0.325. The molecule has 0 bridgehead atoms. The number of nitrogens with two attached hydrogens (primary N) is 1. The second-order valence-electron chi connectivity index (χ2n) is 6.62. The number of carbonyl (C=O) groups is 1. The summed E-state index contributed by atoms with van der Waals surface area (Å²) in [6.07, 6.45) is 4.45. The summed E-state index contributed by atoms with van der Waals surface area (Å²) in [4.78, 5) is 16.4. The largest absolute Gasteiger partial charge is 0.370 e. The van der Waals surface area contributed by atoms with Crippen LogP contribution in [0.1, 0.15) is 46.8 Å². The van der Waals surface area contributed by atoms with Crippen LogP contribution < -0.4 is 16.4 Å². The highest BCUT2D eigenvalue weighted by atomic mass is 16.1. The van der Waals surface area contributed by atoms with Crippen LogP contribution in [-0.2, 0) is 19.4 Å². The lowest BCUT2D eigenvalue weighted by atomic mass is 10.1. The highest BCUT2D eigenvalue weighted by Gasteiger charge is 2.11. The first-order chi connectivity index (χ1) is 12.7. The van der Waals surface area contributed by atoms with E-state index in [4.69, 9.17) is 5.73 Å². The number of benzene rings is 2. The smallest absolute Gasteiger partial charge is 0.251 e. The Morgan fingerprint density at radius 2 is 2.00 bits per heavy atom. The normalized spacial score (nSPS) is 13.3. The summed E-state index contributed by atoms with van der Waals surface area (Å²) in [6, 6.07) is 13.9. The Morgan fingerprint density at radius 3 is 2.85 bits per heavy atom. The highest BCUT2D eigenvalue weighted by Crippen LogP contribution is 2.24. The number of anilines is 1. The summed E-state index contributed by atoms with van der Waals surface area (Å²) in [5.41, 5.74) is 11.4. The lowest BCUT2D eigenvalue weighted by Gasteiger charge is -2.08. The van der Waals surface area contributed by atoms with Crippen molar-refractivity contribution in [2.24, 2.45) is 10.7 Å². The number of nitrogens with one attached hydrogen (secondary N) is 2. The predicted molar refractivity (Wildman–Crippen MR) is 106 cm³/mol. The van der Waals surface area contributed by atoms with Gasteiger partial charge in [0.25, 0.3) is 5.91 Å². The van der Waals surface area contributed by atoms with Crippen LogP contribution in [0, 0.1) is 0 Å². The Bertz CT molecular complexity index is 813. The Labute approximate surface area is 154 Å². The molecular formula is C21H26N4O. The minimum absolute atomic E-state index is 0.0538. The Hall–Kier alpha value is -2.82. The third-order valence-corrected chi connectivity index (χ3v) is 4.53. The quantitative estimate of drug-likeness (QED) is 0.553. The first-order valence-electron chi connectivity index (χ1n) is 9.21.